The predicted molar refractivity (Wildman–Crippen MR) is 144 cm³/mol. The number of hydrogen-bond acceptors (Lipinski definition) is 7. The molecular weight excluding hydrogens is 466 g/mol. The first-order valence-electron chi connectivity index (χ1n) is 11.7. The molecule has 4 rings (SSSR count). The Morgan fingerprint density at radius 3 is 2.18 bits per heavy atom. The van der Waals surface area contributed by atoms with Crippen molar-refractivity contribution < 1.29 is 13.9 Å². The van der Waals surface area contributed by atoms with Crippen LogP contribution >= 0.6 is 22.7 Å². The molecule has 4 aromatic rings. The molecule has 0 unspecified atom stereocenters. The summed E-state index contributed by atoms with van der Waals surface area (Å²) in [6.07, 6.45) is 1.70. The normalized spacial score (nSPS) is 10.7. The van der Waals surface area contributed by atoms with Crippen molar-refractivity contribution in [1.82, 2.24) is 0 Å². The van der Waals surface area contributed by atoms with Crippen molar-refractivity contribution in [2.45, 2.75) is 46.7 Å². The average Bonchev–Trinajstić information content (AvgIpc) is 3.57. The van der Waals surface area contributed by atoms with Crippen molar-refractivity contribution in [3.05, 3.63) is 79.0 Å². The summed E-state index contributed by atoms with van der Waals surface area (Å²) in [6.45, 7) is 8.43. The number of anilines is 1. The molecule has 182 valence electrons. The second-order valence-electron chi connectivity index (χ2n) is 7.60. The highest BCUT2D eigenvalue weighted by Crippen LogP contribution is 2.31. The van der Waals surface area contributed by atoms with Crippen LogP contribution in [0.3, 0.4) is 0 Å². The van der Waals surface area contributed by atoms with E-state index in [2.05, 4.69) is 51.5 Å². The Morgan fingerprint density at radius 2 is 1.62 bits per heavy atom. The summed E-state index contributed by atoms with van der Waals surface area (Å²) in [5, 5.41) is 10.00. The lowest BCUT2D eigenvalue weighted by atomic mass is 10.0. The molecule has 0 N–H and O–H groups in total. The summed E-state index contributed by atoms with van der Waals surface area (Å²) in [7, 11) is 1.62. The average molecular weight is 500 g/mol. The van der Waals surface area contributed by atoms with E-state index < -0.39 is 0 Å². The highest BCUT2D eigenvalue weighted by molar-refractivity contribution is 7.08. The first-order chi connectivity index (χ1) is 16.7. The molecule has 5 nitrogen and oxygen atoms in total. The fraction of sp³-hybridized carbons (Fsp3) is 0.370. The van der Waals surface area contributed by atoms with E-state index in [1.54, 1.807) is 29.8 Å². The third kappa shape index (κ3) is 6.50. The third-order valence-corrected chi connectivity index (χ3v) is 6.74. The second-order valence-corrected chi connectivity index (χ2v) is 9.16. The Kier molecular flexibility index (Phi) is 10.2. The van der Waals surface area contributed by atoms with Crippen LogP contribution in [0.1, 0.15) is 43.9 Å². The van der Waals surface area contributed by atoms with Crippen molar-refractivity contribution in [3.8, 4) is 5.95 Å². The maximum absolute atomic E-state index is 12.9. The largest absolute Gasteiger partial charge is 0.462 e. The van der Waals surface area contributed by atoms with Crippen LogP contribution in [0.15, 0.2) is 61.1 Å². The molecule has 0 aliphatic rings. The zero-order valence-corrected chi connectivity index (χ0v) is 22.0. The van der Waals surface area contributed by atoms with Crippen LogP contribution in [-0.4, -0.2) is 20.3 Å². The number of thiophene rings is 2. The molecule has 0 aliphatic heterocycles. The zero-order valence-electron chi connectivity index (χ0n) is 20.3. The smallest absolute Gasteiger partial charge is 0.346 e. The molecule has 0 bridgehead atoms. The van der Waals surface area contributed by atoms with Gasteiger partial charge in [0.25, 0.3) is 5.95 Å². The number of rotatable bonds is 11. The second kappa shape index (κ2) is 13.3. The summed E-state index contributed by atoms with van der Waals surface area (Å²) in [4.78, 5) is 15.2. The molecule has 3 heterocycles. The quantitative estimate of drug-likeness (QED) is 0.206. The summed E-state index contributed by atoms with van der Waals surface area (Å²) in [5.74, 6) is 0.308. The fourth-order valence-corrected chi connectivity index (χ4v) is 5.06. The number of fused-ring (bicyclic) bond motifs is 1. The molecule has 0 spiro atoms. The monoisotopic (exact) mass is 499 g/mol. The van der Waals surface area contributed by atoms with Gasteiger partial charge in [-0.25, -0.2) is 4.79 Å². The van der Waals surface area contributed by atoms with Crippen LogP contribution in [0.4, 0.5) is 5.69 Å². The topological polar surface area (TPSA) is 51.9 Å². The number of aryl methyl sites for hydroxylation is 1. The van der Waals surface area contributed by atoms with Gasteiger partial charge in [-0.3, -0.25) is 0 Å². The molecule has 0 aliphatic carbocycles. The van der Waals surface area contributed by atoms with E-state index in [1.807, 2.05) is 26.0 Å². The van der Waals surface area contributed by atoms with Gasteiger partial charge < -0.3 is 18.8 Å². The minimum atomic E-state index is -0.375. The van der Waals surface area contributed by atoms with E-state index in [4.69, 9.17) is 13.9 Å². The van der Waals surface area contributed by atoms with Crippen LogP contribution < -0.4 is 15.3 Å². The SMILES string of the molecule is CC.CCCc1c(OCCOC)oc(=O)c2cc(N(Cc3ccsc3)Cc3ccsc3)ccc12. The van der Waals surface area contributed by atoms with E-state index in [-0.39, 0.29) is 5.63 Å². The van der Waals surface area contributed by atoms with Gasteiger partial charge in [0.15, 0.2) is 0 Å². The lowest BCUT2D eigenvalue weighted by Crippen LogP contribution is -2.22. The van der Waals surface area contributed by atoms with Crippen molar-refractivity contribution in [3.63, 3.8) is 0 Å². The van der Waals surface area contributed by atoms with Crippen LogP contribution in [0.25, 0.3) is 10.8 Å². The molecule has 34 heavy (non-hydrogen) atoms. The Morgan fingerprint density at radius 1 is 0.941 bits per heavy atom. The maximum atomic E-state index is 12.9. The lowest BCUT2D eigenvalue weighted by Gasteiger charge is -2.25. The maximum Gasteiger partial charge on any atom is 0.346 e. The summed E-state index contributed by atoms with van der Waals surface area (Å²) < 4.78 is 16.4. The van der Waals surface area contributed by atoms with E-state index in [0.717, 1.165) is 42.6 Å². The number of ether oxygens (including phenoxy) is 2. The molecule has 1 aromatic carbocycles. The zero-order chi connectivity index (χ0) is 24.3. The summed E-state index contributed by atoms with van der Waals surface area (Å²) >= 11 is 3.39. The van der Waals surface area contributed by atoms with Gasteiger partial charge in [-0.2, -0.15) is 22.7 Å². The van der Waals surface area contributed by atoms with Crippen molar-refractivity contribution >= 4 is 39.1 Å². The lowest BCUT2D eigenvalue weighted by molar-refractivity contribution is 0.126. The highest BCUT2D eigenvalue weighted by atomic mass is 32.1. The molecule has 3 aromatic heterocycles. The van der Waals surface area contributed by atoms with Gasteiger partial charge in [-0.1, -0.05) is 33.3 Å². The van der Waals surface area contributed by atoms with Crippen molar-refractivity contribution in [2.24, 2.45) is 0 Å². The predicted octanol–water partition coefficient (Wildman–Crippen LogP) is 7.13. The van der Waals surface area contributed by atoms with Gasteiger partial charge in [0.05, 0.1) is 12.0 Å². The molecule has 0 radical (unpaired) electrons. The van der Waals surface area contributed by atoms with Crippen LogP contribution in [0.2, 0.25) is 0 Å². The standard InChI is InChI=1S/C25H27NO4S2.C2H6/c1-3-4-22-21-6-5-20(13-23(21)24(27)30-25(22)29-10-9-28-2)26(14-18-7-11-31-16-18)15-19-8-12-32-17-19;1-2/h5-8,11-13,16-17H,3-4,9-10,14-15H2,1-2H3;1-2H3. The van der Waals surface area contributed by atoms with Crippen LogP contribution in [0, 0.1) is 0 Å². The van der Waals surface area contributed by atoms with Crippen LogP contribution in [-0.2, 0) is 24.2 Å². The Balaban J connectivity index is 0.00000158. The number of methoxy groups -OCH3 is 1. The molecular formula is C27H33NO4S2. The number of nitrogens with zero attached hydrogens (tertiary/aromatic N) is 1. The molecule has 0 atom stereocenters. The van der Waals surface area contributed by atoms with Crippen molar-refractivity contribution in [2.75, 3.05) is 25.2 Å². The van der Waals surface area contributed by atoms with E-state index >= 15 is 0 Å². The van der Waals surface area contributed by atoms with Gasteiger partial charge in [0, 0.05) is 31.5 Å². The van der Waals surface area contributed by atoms with Gasteiger partial charge >= 0.3 is 5.63 Å². The van der Waals surface area contributed by atoms with Gasteiger partial charge in [-0.15, -0.1) is 0 Å². The van der Waals surface area contributed by atoms with Crippen molar-refractivity contribution in [1.29, 1.82) is 0 Å². The molecule has 0 saturated heterocycles. The molecule has 0 saturated carbocycles. The highest BCUT2D eigenvalue weighted by Gasteiger charge is 2.17. The molecule has 0 amide bonds. The number of hydrogen-bond donors (Lipinski definition) is 0. The Hall–Kier alpha value is -2.61. The van der Waals surface area contributed by atoms with E-state index in [9.17, 15) is 4.79 Å². The van der Waals surface area contributed by atoms with Gasteiger partial charge in [0.1, 0.15) is 6.61 Å². The van der Waals surface area contributed by atoms with Gasteiger partial charge in [0.2, 0.25) is 0 Å². The van der Waals surface area contributed by atoms with Crippen LogP contribution in [0.5, 0.6) is 5.95 Å². The number of benzene rings is 1. The minimum absolute atomic E-state index is 0.308. The molecule has 7 heteroatoms. The Labute approximate surface area is 209 Å². The van der Waals surface area contributed by atoms with Gasteiger partial charge in [-0.05, 0) is 68.7 Å². The van der Waals surface area contributed by atoms with E-state index in [0.29, 0.717) is 24.5 Å². The molecule has 0 fully saturated rings. The Bertz CT molecular complexity index is 1150. The summed E-state index contributed by atoms with van der Waals surface area (Å²) in [5.41, 5.74) is 4.07. The first-order valence-corrected chi connectivity index (χ1v) is 13.6. The van der Waals surface area contributed by atoms with E-state index in [1.165, 1.54) is 11.1 Å². The third-order valence-electron chi connectivity index (χ3n) is 5.27. The first kappa shape index (κ1) is 26.0. The fourth-order valence-electron chi connectivity index (χ4n) is 3.74. The minimum Gasteiger partial charge on any atom is -0.462 e. The summed E-state index contributed by atoms with van der Waals surface area (Å²) in [6, 6.07) is 10.4.